The van der Waals surface area contributed by atoms with Crippen molar-refractivity contribution in [2.75, 3.05) is 23.9 Å². The summed E-state index contributed by atoms with van der Waals surface area (Å²) in [5, 5.41) is 7.34. The molecule has 162 valence electrons. The van der Waals surface area contributed by atoms with E-state index in [0.29, 0.717) is 11.4 Å². The summed E-state index contributed by atoms with van der Waals surface area (Å²) in [5.74, 6) is 1.14. The van der Waals surface area contributed by atoms with Crippen LogP contribution in [0.3, 0.4) is 0 Å². The summed E-state index contributed by atoms with van der Waals surface area (Å²) in [7, 11) is 3.19. The normalized spacial score (nSPS) is 14.0. The molecule has 0 fully saturated rings. The Kier molecular flexibility index (Phi) is 5.17. The fourth-order valence-electron chi connectivity index (χ4n) is 3.20. The van der Waals surface area contributed by atoms with Gasteiger partial charge in [-0.1, -0.05) is 6.08 Å². The fraction of sp³-hybridized carbons (Fsp3) is 0.250. The number of imidazole rings is 1. The number of alkyl halides is 3. The summed E-state index contributed by atoms with van der Waals surface area (Å²) >= 11 is 0. The summed E-state index contributed by atoms with van der Waals surface area (Å²) in [4.78, 5) is 9.96. The molecular formula is C20H20F3N7O. The highest BCUT2D eigenvalue weighted by Crippen LogP contribution is 2.31. The lowest BCUT2D eigenvalue weighted by Gasteiger charge is -2.24. The number of halogens is 3. The van der Waals surface area contributed by atoms with Gasteiger partial charge in [0.05, 0.1) is 36.9 Å². The summed E-state index contributed by atoms with van der Waals surface area (Å²) in [6.07, 6.45) is 3.12. The first-order valence-electron chi connectivity index (χ1n) is 9.33. The molecule has 0 spiro atoms. The summed E-state index contributed by atoms with van der Waals surface area (Å²) in [6.45, 7) is 1.56. The minimum absolute atomic E-state index is 0.252. The van der Waals surface area contributed by atoms with Gasteiger partial charge < -0.3 is 19.5 Å². The molecular weight excluding hydrogens is 411 g/mol. The maximum absolute atomic E-state index is 13.1. The smallest absolute Gasteiger partial charge is 0.414 e. The molecule has 0 saturated heterocycles. The molecule has 0 unspecified atom stereocenters. The first kappa shape index (κ1) is 20.5. The molecule has 3 heterocycles. The van der Waals surface area contributed by atoms with Crippen LogP contribution in [0.1, 0.15) is 5.69 Å². The van der Waals surface area contributed by atoms with E-state index < -0.39 is 11.7 Å². The third-order valence-electron chi connectivity index (χ3n) is 4.69. The molecule has 0 aliphatic carbocycles. The number of methoxy groups -OCH3 is 1. The number of hydrogen-bond donors (Lipinski definition) is 1. The van der Waals surface area contributed by atoms with Crippen molar-refractivity contribution in [3.63, 3.8) is 0 Å². The third kappa shape index (κ3) is 4.25. The third-order valence-corrected chi connectivity index (χ3v) is 4.69. The zero-order valence-electron chi connectivity index (χ0n) is 17.1. The SMILES string of the molecule is COc1cc(Nc2nc(N3C=CC=C(C(F)(F)F)C3)n(C)n2)ccc1-n1cnc(C)c1. The fourth-order valence-corrected chi connectivity index (χ4v) is 3.20. The molecule has 0 radical (unpaired) electrons. The lowest BCUT2D eigenvalue weighted by molar-refractivity contribution is -0.0923. The van der Waals surface area contributed by atoms with Crippen molar-refractivity contribution in [1.29, 1.82) is 0 Å². The number of nitrogens with zero attached hydrogens (tertiary/aromatic N) is 6. The lowest BCUT2D eigenvalue weighted by atomic mass is 10.2. The van der Waals surface area contributed by atoms with E-state index in [0.717, 1.165) is 17.5 Å². The molecule has 11 heteroatoms. The molecule has 3 aromatic rings. The number of aromatic nitrogens is 5. The van der Waals surface area contributed by atoms with E-state index in [2.05, 4.69) is 20.4 Å². The quantitative estimate of drug-likeness (QED) is 0.661. The van der Waals surface area contributed by atoms with E-state index in [1.807, 2.05) is 29.8 Å². The molecule has 4 rings (SSSR count). The van der Waals surface area contributed by atoms with Gasteiger partial charge in [-0.05, 0) is 25.1 Å². The van der Waals surface area contributed by atoms with Crippen molar-refractivity contribution >= 4 is 17.6 Å². The van der Waals surface area contributed by atoms with Gasteiger partial charge in [0, 0.05) is 31.2 Å². The molecule has 0 bridgehead atoms. The Morgan fingerprint density at radius 2 is 2.03 bits per heavy atom. The van der Waals surface area contributed by atoms with E-state index in [1.165, 1.54) is 21.9 Å². The number of allylic oxidation sites excluding steroid dienone is 2. The molecule has 2 aromatic heterocycles. The lowest BCUT2D eigenvalue weighted by Crippen LogP contribution is -2.30. The van der Waals surface area contributed by atoms with E-state index >= 15 is 0 Å². The molecule has 0 amide bonds. The molecule has 1 aliphatic rings. The van der Waals surface area contributed by atoms with E-state index in [1.54, 1.807) is 26.6 Å². The van der Waals surface area contributed by atoms with Crippen molar-refractivity contribution in [2.24, 2.45) is 7.05 Å². The van der Waals surface area contributed by atoms with Gasteiger partial charge in [-0.15, -0.1) is 5.10 Å². The van der Waals surface area contributed by atoms with Crippen LogP contribution >= 0.6 is 0 Å². The van der Waals surface area contributed by atoms with Crippen molar-refractivity contribution in [3.8, 4) is 11.4 Å². The Labute approximate surface area is 176 Å². The number of nitrogens with one attached hydrogen (secondary N) is 1. The van der Waals surface area contributed by atoms with Gasteiger partial charge in [-0.2, -0.15) is 18.2 Å². The van der Waals surface area contributed by atoms with Gasteiger partial charge in [0.2, 0.25) is 11.9 Å². The zero-order chi connectivity index (χ0) is 22.2. The number of aryl methyl sites for hydroxylation is 2. The van der Waals surface area contributed by atoms with Crippen LogP contribution in [0.2, 0.25) is 0 Å². The van der Waals surface area contributed by atoms with Gasteiger partial charge in [-0.25, -0.2) is 9.67 Å². The number of rotatable bonds is 5. The second-order valence-electron chi connectivity index (χ2n) is 6.95. The predicted octanol–water partition coefficient (Wildman–Crippen LogP) is 3.88. The molecule has 1 aliphatic heterocycles. The highest BCUT2D eigenvalue weighted by Gasteiger charge is 2.35. The number of benzene rings is 1. The molecule has 1 N–H and O–H groups in total. The van der Waals surface area contributed by atoms with Crippen LogP contribution in [-0.2, 0) is 7.05 Å². The van der Waals surface area contributed by atoms with Crippen molar-refractivity contribution in [1.82, 2.24) is 24.3 Å². The molecule has 0 atom stereocenters. The summed E-state index contributed by atoms with van der Waals surface area (Å²) < 4.78 is 47.9. The van der Waals surface area contributed by atoms with Crippen LogP contribution in [0.15, 0.2) is 54.6 Å². The van der Waals surface area contributed by atoms with Gasteiger partial charge in [0.25, 0.3) is 0 Å². The Morgan fingerprint density at radius 3 is 2.71 bits per heavy atom. The average Bonchev–Trinajstić information content (AvgIpc) is 3.32. The number of ether oxygens (including phenoxy) is 1. The monoisotopic (exact) mass is 431 g/mol. The highest BCUT2D eigenvalue weighted by atomic mass is 19.4. The van der Waals surface area contributed by atoms with Gasteiger partial charge in [0.1, 0.15) is 5.75 Å². The van der Waals surface area contributed by atoms with Crippen LogP contribution in [0.4, 0.5) is 30.8 Å². The average molecular weight is 431 g/mol. The minimum Gasteiger partial charge on any atom is -0.494 e. The van der Waals surface area contributed by atoms with Gasteiger partial charge in [0.15, 0.2) is 0 Å². The summed E-state index contributed by atoms with van der Waals surface area (Å²) in [5.41, 5.74) is 1.71. The maximum Gasteiger partial charge on any atom is 0.414 e. The molecule has 31 heavy (non-hydrogen) atoms. The Hall–Kier alpha value is -3.76. The second-order valence-corrected chi connectivity index (χ2v) is 6.95. The van der Waals surface area contributed by atoms with Crippen molar-refractivity contribution in [2.45, 2.75) is 13.1 Å². The van der Waals surface area contributed by atoms with Gasteiger partial charge >= 0.3 is 6.18 Å². The van der Waals surface area contributed by atoms with Crippen LogP contribution in [0.5, 0.6) is 5.75 Å². The Morgan fingerprint density at radius 1 is 1.23 bits per heavy atom. The van der Waals surface area contributed by atoms with Crippen LogP contribution in [0, 0.1) is 6.92 Å². The molecule has 8 nitrogen and oxygen atoms in total. The summed E-state index contributed by atoms with van der Waals surface area (Å²) in [6, 6.07) is 5.47. The first-order chi connectivity index (χ1) is 14.7. The number of anilines is 3. The van der Waals surface area contributed by atoms with Gasteiger partial charge in [-0.3, -0.25) is 0 Å². The topological polar surface area (TPSA) is 73.0 Å². The standard InChI is InChI=1S/C20H20F3N7O/c1-13-10-30(12-24-13)16-7-6-15(9-17(16)31-3)25-18-26-19(28(2)27-18)29-8-4-5-14(11-29)20(21,22)23/h4-10,12H,11H2,1-3H3,(H,25,27). The van der Waals surface area contributed by atoms with Crippen LogP contribution in [0.25, 0.3) is 5.69 Å². The highest BCUT2D eigenvalue weighted by molar-refractivity contribution is 5.62. The molecule has 1 aromatic carbocycles. The van der Waals surface area contributed by atoms with E-state index in [4.69, 9.17) is 4.74 Å². The second kappa shape index (κ2) is 7.82. The minimum atomic E-state index is -4.39. The van der Waals surface area contributed by atoms with E-state index in [9.17, 15) is 13.2 Å². The van der Waals surface area contributed by atoms with Crippen molar-refractivity contribution < 1.29 is 17.9 Å². The largest absolute Gasteiger partial charge is 0.494 e. The zero-order valence-corrected chi connectivity index (χ0v) is 17.1. The van der Waals surface area contributed by atoms with Crippen LogP contribution < -0.4 is 15.0 Å². The van der Waals surface area contributed by atoms with E-state index in [-0.39, 0.29) is 18.4 Å². The van der Waals surface area contributed by atoms with Crippen molar-refractivity contribution in [3.05, 3.63) is 60.3 Å². The number of hydrogen-bond acceptors (Lipinski definition) is 6. The Balaban J connectivity index is 1.55. The first-order valence-corrected chi connectivity index (χ1v) is 9.33. The molecule has 0 saturated carbocycles. The Bertz CT molecular complexity index is 1160. The predicted molar refractivity (Wildman–Crippen MR) is 110 cm³/mol. The maximum atomic E-state index is 13.1. The van der Waals surface area contributed by atoms with Crippen LogP contribution in [-0.4, -0.2) is 44.1 Å².